The molecule has 1 saturated carbocycles. The minimum Gasteiger partial charge on any atom is -0.383 e. The van der Waals surface area contributed by atoms with Gasteiger partial charge in [0, 0.05) is 11.5 Å². The van der Waals surface area contributed by atoms with Crippen molar-refractivity contribution in [3.05, 3.63) is 39.7 Å². The van der Waals surface area contributed by atoms with Gasteiger partial charge in [0.2, 0.25) is 0 Å². The molecule has 1 aliphatic rings. The van der Waals surface area contributed by atoms with Crippen LogP contribution in [0.2, 0.25) is 0 Å². The standard InChI is InChI=1S/C14H13BrFN3/c1-7-2-5-9(16)6-10(7)14-18-12(8-3-4-8)11(15)13(17)19-14/h2,5-6,8H,3-4H2,1H3,(H2,17,18,19). The zero-order chi connectivity index (χ0) is 13.6. The number of anilines is 1. The van der Waals surface area contributed by atoms with E-state index in [1.165, 1.54) is 12.1 Å². The number of benzene rings is 1. The monoisotopic (exact) mass is 321 g/mol. The van der Waals surface area contributed by atoms with Crippen LogP contribution in [-0.2, 0) is 0 Å². The van der Waals surface area contributed by atoms with Gasteiger partial charge in [0.1, 0.15) is 11.6 Å². The zero-order valence-electron chi connectivity index (χ0n) is 10.5. The fourth-order valence-electron chi connectivity index (χ4n) is 2.07. The number of halogens is 2. The summed E-state index contributed by atoms with van der Waals surface area (Å²) < 4.78 is 14.2. The van der Waals surface area contributed by atoms with Crippen molar-refractivity contribution in [2.24, 2.45) is 0 Å². The summed E-state index contributed by atoms with van der Waals surface area (Å²) in [6.07, 6.45) is 2.24. The number of nitrogen functional groups attached to an aromatic ring is 1. The number of hydrogen-bond acceptors (Lipinski definition) is 3. The summed E-state index contributed by atoms with van der Waals surface area (Å²) in [5.74, 6) is 1.07. The lowest BCUT2D eigenvalue weighted by Gasteiger charge is -2.10. The van der Waals surface area contributed by atoms with Crippen molar-refractivity contribution in [1.82, 2.24) is 9.97 Å². The molecule has 0 bridgehead atoms. The molecule has 1 aliphatic carbocycles. The maximum Gasteiger partial charge on any atom is 0.162 e. The van der Waals surface area contributed by atoms with Gasteiger partial charge in [-0.2, -0.15) is 0 Å². The third kappa shape index (κ3) is 2.34. The smallest absolute Gasteiger partial charge is 0.162 e. The normalized spacial score (nSPS) is 14.7. The fourth-order valence-corrected chi connectivity index (χ4v) is 2.57. The van der Waals surface area contributed by atoms with Gasteiger partial charge in [0.15, 0.2) is 5.82 Å². The van der Waals surface area contributed by atoms with Crippen LogP contribution in [0.25, 0.3) is 11.4 Å². The van der Waals surface area contributed by atoms with E-state index in [0.29, 0.717) is 23.1 Å². The summed E-state index contributed by atoms with van der Waals surface area (Å²) >= 11 is 3.44. The van der Waals surface area contributed by atoms with Crippen molar-refractivity contribution >= 4 is 21.7 Å². The molecular weight excluding hydrogens is 309 g/mol. The van der Waals surface area contributed by atoms with Crippen LogP contribution in [0.3, 0.4) is 0 Å². The van der Waals surface area contributed by atoms with Crippen molar-refractivity contribution in [1.29, 1.82) is 0 Å². The number of hydrogen-bond donors (Lipinski definition) is 1. The average Bonchev–Trinajstić information content (AvgIpc) is 3.20. The molecule has 98 valence electrons. The number of aromatic nitrogens is 2. The van der Waals surface area contributed by atoms with Gasteiger partial charge in [-0.25, -0.2) is 14.4 Å². The lowest BCUT2D eigenvalue weighted by Crippen LogP contribution is -2.03. The molecule has 1 aromatic carbocycles. The Bertz CT molecular complexity index is 653. The minimum absolute atomic E-state index is 0.293. The Balaban J connectivity index is 2.17. The molecular formula is C14H13BrFN3. The molecule has 0 radical (unpaired) electrons. The molecule has 2 N–H and O–H groups in total. The van der Waals surface area contributed by atoms with E-state index in [0.717, 1.165) is 28.6 Å². The second kappa shape index (κ2) is 4.56. The molecule has 2 aromatic rings. The first-order valence-electron chi connectivity index (χ1n) is 6.15. The Morgan fingerprint density at radius 3 is 2.74 bits per heavy atom. The maximum atomic E-state index is 13.4. The van der Waals surface area contributed by atoms with Gasteiger partial charge in [0.05, 0.1) is 10.2 Å². The average molecular weight is 322 g/mol. The van der Waals surface area contributed by atoms with E-state index in [4.69, 9.17) is 5.73 Å². The lowest BCUT2D eigenvalue weighted by atomic mass is 10.1. The number of rotatable bonds is 2. The Hall–Kier alpha value is -1.49. The van der Waals surface area contributed by atoms with Crippen LogP contribution >= 0.6 is 15.9 Å². The SMILES string of the molecule is Cc1ccc(F)cc1-c1nc(N)c(Br)c(C2CC2)n1. The number of nitrogens with two attached hydrogens (primary N) is 1. The van der Waals surface area contributed by atoms with Gasteiger partial charge in [-0.3, -0.25) is 0 Å². The molecule has 1 aromatic heterocycles. The van der Waals surface area contributed by atoms with E-state index < -0.39 is 0 Å². The predicted molar refractivity (Wildman–Crippen MR) is 76.3 cm³/mol. The van der Waals surface area contributed by atoms with Crippen molar-refractivity contribution in [2.45, 2.75) is 25.7 Å². The highest BCUT2D eigenvalue weighted by Crippen LogP contribution is 2.44. The molecule has 0 unspecified atom stereocenters. The van der Waals surface area contributed by atoms with Crippen molar-refractivity contribution in [2.75, 3.05) is 5.73 Å². The highest BCUT2D eigenvalue weighted by molar-refractivity contribution is 9.10. The minimum atomic E-state index is -0.293. The second-order valence-corrected chi connectivity index (χ2v) is 5.66. The molecule has 1 heterocycles. The second-order valence-electron chi connectivity index (χ2n) is 4.87. The Morgan fingerprint density at radius 1 is 1.32 bits per heavy atom. The summed E-state index contributed by atoms with van der Waals surface area (Å²) in [4.78, 5) is 8.83. The third-order valence-corrected chi connectivity index (χ3v) is 4.12. The summed E-state index contributed by atoms with van der Waals surface area (Å²) in [6.45, 7) is 1.91. The molecule has 19 heavy (non-hydrogen) atoms. The highest BCUT2D eigenvalue weighted by atomic mass is 79.9. The van der Waals surface area contributed by atoms with Crippen molar-refractivity contribution in [3.8, 4) is 11.4 Å². The van der Waals surface area contributed by atoms with Gasteiger partial charge in [-0.05, 0) is 53.4 Å². The lowest BCUT2D eigenvalue weighted by molar-refractivity contribution is 0.627. The van der Waals surface area contributed by atoms with Crippen LogP contribution in [0, 0.1) is 12.7 Å². The largest absolute Gasteiger partial charge is 0.383 e. The summed E-state index contributed by atoms with van der Waals surface area (Å²) in [6, 6.07) is 4.61. The molecule has 3 rings (SSSR count). The molecule has 3 nitrogen and oxygen atoms in total. The number of aryl methyl sites for hydroxylation is 1. The van der Waals surface area contributed by atoms with E-state index in [2.05, 4.69) is 25.9 Å². The van der Waals surface area contributed by atoms with E-state index in [1.54, 1.807) is 6.07 Å². The van der Waals surface area contributed by atoms with Gasteiger partial charge in [-0.15, -0.1) is 0 Å². The van der Waals surface area contributed by atoms with Gasteiger partial charge < -0.3 is 5.73 Å². The maximum absolute atomic E-state index is 13.4. The van der Waals surface area contributed by atoms with E-state index in [-0.39, 0.29) is 5.82 Å². The van der Waals surface area contributed by atoms with Crippen molar-refractivity contribution in [3.63, 3.8) is 0 Å². The van der Waals surface area contributed by atoms with Gasteiger partial charge >= 0.3 is 0 Å². The van der Waals surface area contributed by atoms with E-state index in [1.807, 2.05) is 6.92 Å². The molecule has 5 heteroatoms. The molecule has 1 fully saturated rings. The van der Waals surface area contributed by atoms with E-state index >= 15 is 0 Å². The van der Waals surface area contributed by atoms with Crippen molar-refractivity contribution < 1.29 is 4.39 Å². The zero-order valence-corrected chi connectivity index (χ0v) is 12.0. The summed E-state index contributed by atoms with van der Waals surface area (Å²) in [5.41, 5.74) is 8.49. The topological polar surface area (TPSA) is 51.8 Å². The van der Waals surface area contributed by atoms with Crippen LogP contribution in [0.15, 0.2) is 22.7 Å². The Labute approximate surface area is 119 Å². The molecule has 0 aliphatic heterocycles. The van der Waals surface area contributed by atoms with Crippen LogP contribution in [0.1, 0.15) is 30.0 Å². The van der Waals surface area contributed by atoms with Crippen LogP contribution in [-0.4, -0.2) is 9.97 Å². The summed E-state index contributed by atoms with van der Waals surface area (Å²) in [5, 5.41) is 0. The molecule has 0 saturated heterocycles. The van der Waals surface area contributed by atoms with Gasteiger partial charge in [-0.1, -0.05) is 6.07 Å². The highest BCUT2D eigenvalue weighted by Gasteiger charge is 2.29. The molecule has 0 amide bonds. The summed E-state index contributed by atoms with van der Waals surface area (Å²) in [7, 11) is 0. The van der Waals surface area contributed by atoms with Crippen LogP contribution in [0.5, 0.6) is 0 Å². The third-order valence-electron chi connectivity index (χ3n) is 3.31. The fraction of sp³-hybridized carbons (Fsp3) is 0.286. The van der Waals surface area contributed by atoms with Gasteiger partial charge in [0.25, 0.3) is 0 Å². The molecule has 0 atom stereocenters. The first-order chi connectivity index (χ1) is 9.06. The number of nitrogens with zero attached hydrogens (tertiary/aromatic N) is 2. The first-order valence-corrected chi connectivity index (χ1v) is 6.95. The predicted octanol–water partition coefficient (Wildman–Crippen LogP) is 3.81. The molecule has 0 spiro atoms. The first kappa shape index (κ1) is 12.5. The van der Waals surface area contributed by atoms with Crippen LogP contribution in [0.4, 0.5) is 10.2 Å². The Morgan fingerprint density at radius 2 is 2.05 bits per heavy atom. The Kier molecular flexibility index (Phi) is 3.01. The van der Waals surface area contributed by atoms with Crippen LogP contribution < -0.4 is 5.73 Å². The van der Waals surface area contributed by atoms with E-state index in [9.17, 15) is 4.39 Å². The quantitative estimate of drug-likeness (QED) is 0.914.